The van der Waals surface area contributed by atoms with Crippen LogP contribution >= 0.6 is 0 Å². The first kappa shape index (κ1) is 18.9. The molecule has 0 aromatic carbocycles. The molecule has 19 heavy (non-hydrogen) atoms. The zero-order chi connectivity index (χ0) is 13.1. The summed E-state index contributed by atoms with van der Waals surface area (Å²) in [5.74, 6) is 0. The van der Waals surface area contributed by atoms with E-state index in [1.165, 1.54) is 70.9 Å². The normalized spacial score (nSPS) is 21.4. The van der Waals surface area contributed by atoms with Crippen LogP contribution in [-0.4, -0.2) is 24.6 Å². The third-order valence-electron chi connectivity index (χ3n) is 3.99. The number of unbranched alkanes of at least 4 members (excludes halogenated alkanes) is 8. The molecule has 1 atom stereocenters. The molecule has 112 valence electrons. The second kappa shape index (κ2) is 11.7. The number of hydrogen-bond acceptors (Lipinski definition) is 0. The molecular formula is C17H32BrN. The van der Waals surface area contributed by atoms with Crippen molar-refractivity contribution in [3.63, 3.8) is 0 Å². The van der Waals surface area contributed by atoms with Gasteiger partial charge < -0.3 is 17.0 Å². The van der Waals surface area contributed by atoms with Crippen molar-refractivity contribution in [1.29, 1.82) is 0 Å². The maximum Gasteiger partial charge on any atom is 0.102 e. The minimum atomic E-state index is 0. The number of hydrogen-bond donors (Lipinski definition) is 0. The number of likely N-dealkylation sites (N-methyl/N-ethyl adjacent to an activating group) is 1. The number of allylic oxidation sites excluding steroid dienone is 2. The van der Waals surface area contributed by atoms with E-state index >= 15 is 0 Å². The van der Waals surface area contributed by atoms with Gasteiger partial charge in [-0.2, -0.15) is 0 Å². The molecule has 1 nitrogen and oxygen atoms in total. The van der Waals surface area contributed by atoms with E-state index in [0.717, 1.165) is 4.48 Å². The van der Waals surface area contributed by atoms with E-state index in [2.05, 4.69) is 38.4 Å². The van der Waals surface area contributed by atoms with Gasteiger partial charge in [0.2, 0.25) is 0 Å². The lowest BCUT2D eigenvalue weighted by molar-refractivity contribution is -0.854. The Balaban J connectivity index is 0.00000324. The molecule has 0 aliphatic carbocycles. The molecule has 0 saturated carbocycles. The van der Waals surface area contributed by atoms with E-state index in [-0.39, 0.29) is 17.0 Å². The SMILES string of the molecule is CCCCCCCCCCC[N+]1(C)C=CC=CC1.[Br-]. The lowest BCUT2D eigenvalue weighted by atomic mass is 10.1. The summed E-state index contributed by atoms with van der Waals surface area (Å²) < 4.78 is 1.10. The highest BCUT2D eigenvalue weighted by atomic mass is 79.9. The Morgan fingerprint density at radius 3 is 1.95 bits per heavy atom. The van der Waals surface area contributed by atoms with Crippen molar-refractivity contribution in [3.05, 3.63) is 24.4 Å². The van der Waals surface area contributed by atoms with Crippen LogP contribution in [0.5, 0.6) is 0 Å². The van der Waals surface area contributed by atoms with Crippen molar-refractivity contribution >= 4 is 0 Å². The molecule has 0 fully saturated rings. The molecule has 0 spiro atoms. The van der Waals surface area contributed by atoms with E-state index in [4.69, 9.17) is 0 Å². The summed E-state index contributed by atoms with van der Waals surface area (Å²) in [4.78, 5) is 0. The predicted molar refractivity (Wildman–Crippen MR) is 81.4 cm³/mol. The topological polar surface area (TPSA) is 0 Å². The second-order valence-electron chi connectivity index (χ2n) is 5.98. The maximum atomic E-state index is 2.34. The zero-order valence-corrected chi connectivity index (χ0v) is 14.5. The minimum Gasteiger partial charge on any atom is -1.00 e. The predicted octanol–water partition coefficient (Wildman–Crippen LogP) is 2.05. The Morgan fingerprint density at radius 2 is 1.42 bits per heavy atom. The van der Waals surface area contributed by atoms with Crippen LogP contribution in [0.1, 0.15) is 64.7 Å². The van der Waals surface area contributed by atoms with Gasteiger partial charge in [0, 0.05) is 0 Å². The number of rotatable bonds is 10. The quantitative estimate of drug-likeness (QED) is 0.425. The summed E-state index contributed by atoms with van der Waals surface area (Å²) in [6, 6.07) is 0. The van der Waals surface area contributed by atoms with Crippen molar-refractivity contribution in [2.24, 2.45) is 0 Å². The maximum absolute atomic E-state index is 2.34. The Kier molecular flexibility index (Phi) is 11.7. The van der Waals surface area contributed by atoms with Gasteiger partial charge in [-0.1, -0.05) is 57.9 Å². The molecule has 0 aromatic rings. The highest BCUT2D eigenvalue weighted by molar-refractivity contribution is 5.03. The number of quaternary nitrogens is 1. The fraction of sp³-hybridized carbons (Fsp3) is 0.765. The molecule has 0 saturated heterocycles. The number of halogens is 1. The van der Waals surface area contributed by atoms with Crippen LogP contribution in [-0.2, 0) is 0 Å². The Bertz CT molecular complexity index is 260. The van der Waals surface area contributed by atoms with E-state index in [1.807, 2.05) is 0 Å². The summed E-state index contributed by atoms with van der Waals surface area (Å²) in [5, 5.41) is 0. The van der Waals surface area contributed by atoms with Crippen LogP contribution in [0.3, 0.4) is 0 Å². The lowest BCUT2D eigenvalue weighted by Gasteiger charge is -2.30. The van der Waals surface area contributed by atoms with Crippen LogP contribution < -0.4 is 17.0 Å². The van der Waals surface area contributed by atoms with E-state index < -0.39 is 0 Å². The van der Waals surface area contributed by atoms with Crippen molar-refractivity contribution in [1.82, 2.24) is 0 Å². The van der Waals surface area contributed by atoms with Crippen LogP contribution in [0.4, 0.5) is 0 Å². The van der Waals surface area contributed by atoms with Crippen molar-refractivity contribution in [2.75, 3.05) is 20.1 Å². The molecule has 0 amide bonds. The van der Waals surface area contributed by atoms with Crippen LogP contribution in [0.25, 0.3) is 0 Å². The second-order valence-corrected chi connectivity index (χ2v) is 5.98. The largest absolute Gasteiger partial charge is 1.00 e. The minimum absolute atomic E-state index is 0. The molecule has 0 radical (unpaired) electrons. The highest BCUT2D eigenvalue weighted by Gasteiger charge is 2.17. The van der Waals surface area contributed by atoms with Gasteiger partial charge in [0.1, 0.15) is 6.54 Å². The fourth-order valence-electron chi connectivity index (χ4n) is 2.65. The summed E-state index contributed by atoms with van der Waals surface area (Å²) in [5.41, 5.74) is 0. The van der Waals surface area contributed by atoms with E-state index in [1.54, 1.807) is 0 Å². The summed E-state index contributed by atoms with van der Waals surface area (Å²) in [7, 11) is 2.34. The first-order chi connectivity index (χ1) is 8.77. The smallest absolute Gasteiger partial charge is 0.102 e. The highest BCUT2D eigenvalue weighted by Crippen LogP contribution is 2.14. The monoisotopic (exact) mass is 329 g/mol. The molecule has 1 heterocycles. The first-order valence-electron chi connectivity index (χ1n) is 7.95. The lowest BCUT2D eigenvalue weighted by Crippen LogP contribution is -3.00. The Hall–Kier alpha value is -0.0800. The molecule has 0 N–H and O–H groups in total. The summed E-state index contributed by atoms with van der Waals surface area (Å²) in [6.45, 7) is 4.76. The standard InChI is InChI=1S/C17H32N.BrH/c1-3-4-5-6-7-8-9-10-12-15-18(2)16-13-11-14-17-18;/h11,13-14,16H,3-10,12,15,17H2,1-2H3;1H/q+1;/p-1. The first-order valence-corrected chi connectivity index (χ1v) is 7.95. The van der Waals surface area contributed by atoms with Crippen molar-refractivity contribution in [2.45, 2.75) is 64.7 Å². The summed E-state index contributed by atoms with van der Waals surface area (Å²) in [6.07, 6.45) is 21.8. The Morgan fingerprint density at radius 1 is 0.842 bits per heavy atom. The van der Waals surface area contributed by atoms with Crippen LogP contribution in [0.2, 0.25) is 0 Å². The fourth-order valence-corrected chi connectivity index (χ4v) is 2.65. The molecule has 0 aromatic heterocycles. The van der Waals surface area contributed by atoms with Gasteiger partial charge in [-0.3, -0.25) is 4.48 Å². The van der Waals surface area contributed by atoms with E-state index in [9.17, 15) is 0 Å². The molecule has 0 bridgehead atoms. The van der Waals surface area contributed by atoms with Crippen molar-refractivity contribution in [3.8, 4) is 0 Å². The summed E-state index contributed by atoms with van der Waals surface area (Å²) >= 11 is 0. The third-order valence-corrected chi connectivity index (χ3v) is 3.99. The van der Waals surface area contributed by atoms with Gasteiger partial charge in [-0.05, 0) is 25.0 Å². The zero-order valence-electron chi connectivity index (χ0n) is 12.9. The molecular weight excluding hydrogens is 298 g/mol. The molecule has 2 heteroatoms. The van der Waals surface area contributed by atoms with E-state index in [0.29, 0.717) is 0 Å². The average molecular weight is 330 g/mol. The van der Waals surface area contributed by atoms with Gasteiger partial charge >= 0.3 is 0 Å². The molecule has 1 rings (SSSR count). The van der Waals surface area contributed by atoms with Gasteiger partial charge in [0.25, 0.3) is 0 Å². The average Bonchev–Trinajstić information content (AvgIpc) is 2.38. The van der Waals surface area contributed by atoms with Gasteiger partial charge in [-0.15, -0.1) is 0 Å². The number of nitrogens with zero attached hydrogens (tertiary/aromatic N) is 1. The van der Waals surface area contributed by atoms with Gasteiger partial charge in [0.15, 0.2) is 0 Å². The Labute approximate surface area is 131 Å². The van der Waals surface area contributed by atoms with Crippen LogP contribution in [0, 0.1) is 0 Å². The van der Waals surface area contributed by atoms with Gasteiger partial charge in [-0.25, -0.2) is 0 Å². The van der Waals surface area contributed by atoms with Crippen LogP contribution in [0.15, 0.2) is 24.4 Å². The molecule has 1 unspecified atom stereocenters. The third kappa shape index (κ3) is 9.45. The van der Waals surface area contributed by atoms with Gasteiger partial charge in [0.05, 0.1) is 19.8 Å². The van der Waals surface area contributed by atoms with Crippen molar-refractivity contribution < 1.29 is 21.5 Å². The molecule has 1 aliphatic heterocycles. The molecule has 1 aliphatic rings.